The highest BCUT2D eigenvalue weighted by Gasteiger charge is 2.34. The fourth-order valence-electron chi connectivity index (χ4n) is 4.68. The summed E-state index contributed by atoms with van der Waals surface area (Å²) in [6.45, 7) is 0. The summed E-state index contributed by atoms with van der Waals surface area (Å²) in [5.41, 5.74) is 7.24. The predicted octanol–water partition coefficient (Wildman–Crippen LogP) is 7.54. The molecule has 1 aliphatic carbocycles. The second kappa shape index (κ2) is 11.9. The summed E-state index contributed by atoms with van der Waals surface area (Å²) >= 11 is 0. The molecule has 0 fully saturated rings. The Morgan fingerprint density at radius 2 is 0.950 bits per heavy atom. The summed E-state index contributed by atoms with van der Waals surface area (Å²) in [6, 6.07) is 42.0. The lowest BCUT2D eigenvalue weighted by Gasteiger charge is -2.30. The lowest BCUT2D eigenvalue weighted by atomic mass is 9.83. The molecule has 0 radical (unpaired) electrons. The molecule has 0 amide bonds. The van der Waals surface area contributed by atoms with E-state index in [1.165, 1.54) is 6.08 Å². The smallest absolute Gasteiger partial charge is 0.193 e. The van der Waals surface area contributed by atoms with Crippen LogP contribution in [0, 0.1) is 0 Å². The SMILES string of the molecule is OC1(O)C=CC(c2cccc(-c3ccccc3)c2)=CC1c1ccccc1.Oc1ccc(-c2ccc(O)cc2)cc1. The molecule has 4 N–H and O–H groups in total. The minimum absolute atomic E-state index is 0.257. The highest BCUT2D eigenvalue weighted by Crippen LogP contribution is 2.37. The molecule has 40 heavy (non-hydrogen) atoms. The van der Waals surface area contributed by atoms with Crippen molar-refractivity contribution in [3.63, 3.8) is 0 Å². The second-order valence-corrected chi connectivity index (χ2v) is 9.67. The Bertz CT molecular complexity index is 1560. The molecule has 0 aromatic heterocycles. The number of phenols is 2. The normalized spacial score (nSPS) is 15.4. The van der Waals surface area contributed by atoms with E-state index in [1.54, 1.807) is 30.3 Å². The molecule has 5 aromatic carbocycles. The third kappa shape index (κ3) is 6.38. The second-order valence-electron chi connectivity index (χ2n) is 9.67. The predicted molar refractivity (Wildman–Crippen MR) is 161 cm³/mol. The van der Waals surface area contributed by atoms with Gasteiger partial charge in [0.05, 0.1) is 5.92 Å². The molecule has 0 heterocycles. The zero-order chi connectivity index (χ0) is 28.0. The molecular formula is C36H30O4. The van der Waals surface area contributed by atoms with Crippen LogP contribution >= 0.6 is 0 Å². The van der Waals surface area contributed by atoms with Crippen molar-refractivity contribution in [3.05, 3.63) is 163 Å². The van der Waals surface area contributed by atoms with Crippen molar-refractivity contribution >= 4 is 5.57 Å². The van der Waals surface area contributed by atoms with E-state index in [1.807, 2.05) is 91.0 Å². The summed E-state index contributed by atoms with van der Waals surface area (Å²) in [4.78, 5) is 0. The lowest BCUT2D eigenvalue weighted by molar-refractivity contribution is -0.128. The van der Waals surface area contributed by atoms with E-state index in [2.05, 4.69) is 24.3 Å². The van der Waals surface area contributed by atoms with Crippen molar-refractivity contribution in [1.82, 2.24) is 0 Å². The van der Waals surface area contributed by atoms with Crippen LogP contribution in [0.2, 0.25) is 0 Å². The molecular weight excluding hydrogens is 496 g/mol. The van der Waals surface area contributed by atoms with Crippen molar-refractivity contribution in [3.8, 4) is 33.8 Å². The van der Waals surface area contributed by atoms with Gasteiger partial charge in [0.15, 0.2) is 5.79 Å². The maximum absolute atomic E-state index is 10.4. The fourth-order valence-corrected chi connectivity index (χ4v) is 4.68. The summed E-state index contributed by atoms with van der Waals surface area (Å²) in [5.74, 6) is -1.88. The zero-order valence-corrected chi connectivity index (χ0v) is 21.8. The number of allylic oxidation sites excluding steroid dienone is 2. The monoisotopic (exact) mass is 526 g/mol. The van der Waals surface area contributed by atoms with E-state index in [-0.39, 0.29) is 11.5 Å². The zero-order valence-electron chi connectivity index (χ0n) is 21.8. The van der Waals surface area contributed by atoms with E-state index in [4.69, 9.17) is 10.2 Å². The minimum Gasteiger partial charge on any atom is -0.508 e. The van der Waals surface area contributed by atoms with Crippen molar-refractivity contribution in [1.29, 1.82) is 0 Å². The summed E-state index contributed by atoms with van der Waals surface area (Å²) < 4.78 is 0. The van der Waals surface area contributed by atoms with Gasteiger partial charge in [0.1, 0.15) is 11.5 Å². The van der Waals surface area contributed by atoms with Gasteiger partial charge in [0.2, 0.25) is 0 Å². The van der Waals surface area contributed by atoms with Crippen molar-refractivity contribution < 1.29 is 20.4 Å². The minimum atomic E-state index is -1.89. The fraction of sp³-hybridized carbons (Fsp3) is 0.0556. The number of phenolic OH excluding ortho intramolecular Hbond substituents is 2. The molecule has 1 atom stereocenters. The van der Waals surface area contributed by atoms with Gasteiger partial charge >= 0.3 is 0 Å². The quantitative estimate of drug-likeness (QED) is 0.182. The average molecular weight is 527 g/mol. The van der Waals surface area contributed by atoms with Gasteiger partial charge in [-0.25, -0.2) is 0 Å². The largest absolute Gasteiger partial charge is 0.508 e. The molecule has 0 aliphatic heterocycles. The number of aliphatic hydroxyl groups is 2. The van der Waals surface area contributed by atoms with Crippen LogP contribution in [0.15, 0.2) is 152 Å². The first-order chi connectivity index (χ1) is 19.4. The lowest BCUT2D eigenvalue weighted by Crippen LogP contribution is -2.34. The maximum Gasteiger partial charge on any atom is 0.193 e. The maximum atomic E-state index is 10.4. The van der Waals surface area contributed by atoms with E-state index in [9.17, 15) is 10.2 Å². The first-order valence-electron chi connectivity index (χ1n) is 13.0. The Morgan fingerprint density at radius 3 is 1.52 bits per heavy atom. The van der Waals surface area contributed by atoms with Gasteiger partial charge in [-0.15, -0.1) is 0 Å². The van der Waals surface area contributed by atoms with Crippen LogP contribution in [0.3, 0.4) is 0 Å². The first kappa shape index (κ1) is 26.7. The third-order valence-electron chi connectivity index (χ3n) is 6.84. The number of hydrogen-bond acceptors (Lipinski definition) is 4. The molecule has 0 spiro atoms. The Morgan fingerprint density at radius 1 is 0.475 bits per heavy atom. The van der Waals surface area contributed by atoms with Crippen molar-refractivity contribution in [2.75, 3.05) is 0 Å². The average Bonchev–Trinajstić information content (AvgIpc) is 2.99. The Kier molecular flexibility index (Phi) is 7.92. The van der Waals surface area contributed by atoms with Crippen molar-refractivity contribution in [2.24, 2.45) is 0 Å². The highest BCUT2D eigenvalue weighted by molar-refractivity contribution is 5.79. The molecule has 6 rings (SSSR count). The first-order valence-corrected chi connectivity index (χ1v) is 13.0. The topological polar surface area (TPSA) is 80.9 Å². The van der Waals surface area contributed by atoms with Crippen molar-refractivity contribution in [2.45, 2.75) is 11.7 Å². The van der Waals surface area contributed by atoms with Crippen LogP contribution < -0.4 is 0 Å². The van der Waals surface area contributed by atoms with Gasteiger partial charge in [-0.05, 0) is 75.4 Å². The third-order valence-corrected chi connectivity index (χ3v) is 6.84. The van der Waals surface area contributed by atoms with Gasteiger partial charge in [-0.1, -0.05) is 115 Å². The molecule has 1 unspecified atom stereocenters. The van der Waals surface area contributed by atoms with Crippen LogP contribution in [0.4, 0.5) is 0 Å². The molecule has 198 valence electrons. The van der Waals surface area contributed by atoms with E-state index in [0.717, 1.165) is 39.0 Å². The molecule has 4 nitrogen and oxygen atoms in total. The number of aromatic hydroxyl groups is 2. The van der Waals surface area contributed by atoms with Gasteiger partial charge in [0.25, 0.3) is 0 Å². The van der Waals surface area contributed by atoms with E-state index < -0.39 is 11.7 Å². The van der Waals surface area contributed by atoms with Gasteiger partial charge < -0.3 is 20.4 Å². The number of benzene rings is 5. The molecule has 0 saturated carbocycles. The number of rotatable bonds is 4. The Balaban J connectivity index is 0.000000194. The van der Waals surface area contributed by atoms with Crippen LogP contribution in [0.5, 0.6) is 11.5 Å². The van der Waals surface area contributed by atoms with E-state index >= 15 is 0 Å². The summed E-state index contributed by atoms with van der Waals surface area (Å²) in [6.07, 6.45) is 5.18. The van der Waals surface area contributed by atoms with Gasteiger partial charge in [-0.2, -0.15) is 0 Å². The summed E-state index contributed by atoms with van der Waals surface area (Å²) in [7, 11) is 0. The van der Waals surface area contributed by atoms with E-state index in [0.29, 0.717) is 0 Å². The summed E-state index contributed by atoms with van der Waals surface area (Å²) in [5, 5.41) is 39.0. The highest BCUT2D eigenvalue weighted by atomic mass is 16.5. The van der Waals surface area contributed by atoms with Gasteiger partial charge in [0, 0.05) is 0 Å². The standard InChI is InChI=1S/C24H20O2.C12H10O2/c25-24(26)15-14-22(17-23(24)19-10-5-2-6-11-19)21-13-7-12-20(16-21)18-8-3-1-4-9-18;13-11-5-1-9(2-6-11)10-3-7-12(14)8-4-10/h1-17,23,25-26H;1-8,13-14H. The molecule has 5 aromatic rings. The molecule has 0 saturated heterocycles. The van der Waals surface area contributed by atoms with Gasteiger partial charge in [-0.3, -0.25) is 0 Å². The van der Waals surface area contributed by atoms with Crippen LogP contribution in [-0.2, 0) is 0 Å². The molecule has 4 heteroatoms. The van der Waals surface area contributed by atoms with Crippen LogP contribution in [0.25, 0.3) is 27.8 Å². The molecule has 0 bridgehead atoms. The van der Waals surface area contributed by atoms with Crippen LogP contribution in [-0.4, -0.2) is 26.2 Å². The molecule has 1 aliphatic rings. The Hall–Kier alpha value is -4.90. The number of hydrogen-bond donors (Lipinski definition) is 4. The Labute approximate surface area is 234 Å². The van der Waals surface area contributed by atoms with Crippen LogP contribution in [0.1, 0.15) is 17.0 Å².